The van der Waals surface area contributed by atoms with E-state index in [1.54, 1.807) is 13.3 Å². The van der Waals surface area contributed by atoms with Gasteiger partial charge in [-0.05, 0) is 30.5 Å². The lowest BCUT2D eigenvalue weighted by Gasteiger charge is -2.42. The van der Waals surface area contributed by atoms with Crippen molar-refractivity contribution < 1.29 is 4.74 Å². The Kier molecular flexibility index (Phi) is 5.24. The molecule has 0 unspecified atom stereocenters. The smallest absolute Gasteiger partial charge is 0.316 e. The number of hydrogen-bond donors (Lipinski definition) is 1. The van der Waals surface area contributed by atoms with E-state index in [0.717, 1.165) is 42.0 Å². The van der Waals surface area contributed by atoms with Crippen LogP contribution in [0.5, 0.6) is 6.01 Å². The number of aliphatic imine (C=N–C) groups is 1. The fraction of sp³-hybridized carbons (Fsp3) is 0.450. The molecule has 0 bridgehead atoms. The lowest BCUT2D eigenvalue weighted by atomic mass is 9.68. The first-order valence-electron chi connectivity index (χ1n) is 9.25. The summed E-state index contributed by atoms with van der Waals surface area (Å²) < 4.78 is 5.21. The minimum absolute atomic E-state index is 0.0147. The van der Waals surface area contributed by atoms with Crippen LogP contribution < -0.4 is 10.1 Å². The fourth-order valence-electron chi connectivity index (χ4n) is 4.06. The van der Waals surface area contributed by atoms with E-state index in [-0.39, 0.29) is 5.41 Å². The molecule has 1 aliphatic heterocycles. The minimum atomic E-state index is 0.0147. The minimum Gasteiger partial charge on any atom is -0.467 e. The van der Waals surface area contributed by atoms with E-state index in [0.29, 0.717) is 22.6 Å². The molecule has 0 saturated heterocycles. The van der Waals surface area contributed by atoms with Crippen LogP contribution in [0.2, 0.25) is 10.0 Å². The average molecular weight is 405 g/mol. The van der Waals surface area contributed by atoms with Crippen LogP contribution in [0, 0.1) is 5.41 Å². The third-order valence-corrected chi connectivity index (χ3v) is 6.24. The summed E-state index contributed by atoms with van der Waals surface area (Å²) in [6, 6.07) is 6.08. The van der Waals surface area contributed by atoms with Crippen LogP contribution in [-0.2, 0) is 13.0 Å². The number of ether oxygens (including phenoxy) is 1. The maximum atomic E-state index is 6.15. The van der Waals surface area contributed by atoms with Crippen molar-refractivity contribution in [2.75, 3.05) is 12.4 Å². The van der Waals surface area contributed by atoms with Gasteiger partial charge in [-0.3, -0.25) is 4.99 Å². The number of methoxy groups -OCH3 is 1. The zero-order valence-electron chi connectivity index (χ0n) is 15.3. The maximum absolute atomic E-state index is 6.15. The van der Waals surface area contributed by atoms with Crippen LogP contribution in [0.3, 0.4) is 0 Å². The number of fused-ring (bicyclic) bond motifs is 1. The molecular weight excluding hydrogens is 383 g/mol. The summed E-state index contributed by atoms with van der Waals surface area (Å²) in [6.45, 7) is 0.563. The van der Waals surface area contributed by atoms with Gasteiger partial charge in [0.1, 0.15) is 5.84 Å². The second kappa shape index (κ2) is 7.64. The zero-order chi connectivity index (χ0) is 18.9. The number of benzene rings is 1. The van der Waals surface area contributed by atoms with Crippen LogP contribution in [0.15, 0.2) is 29.4 Å². The molecule has 1 fully saturated rings. The van der Waals surface area contributed by atoms with Crippen molar-refractivity contribution in [1.82, 2.24) is 9.97 Å². The highest BCUT2D eigenvalue weighted by Crippen LogP contribution is 2.44. The van der Waals surface area contributed by atoms with Crippen LogP contribution in [0.1, 0.15) is 43.4 Å². The Morgan fingerprint density at radius 2 is 2.00 bits per heavy atom. The van der Waals surface area contributed by atoms with Gasteiger partial charge in [-0.1, -0.05) is 48.5 Å². The normalized spacial score (nSPS) is 19.6. The third-order valence-electron chi connectivity index (χ3n) is 5.50. The number of amidine groups is 1. The van der Waals surface area contributed by atoms with E-state index in [9.17, 15) is 0 Å². The summed E-state index contributed by atoms with van der Waals surface area (Å²) in [4.78, 5) is 13.8. The van der Waals surface area contributed by atoms with Gasteiger partial charge in [0.05, 0.1) is 41.3 Å². The van der Waals surface area contributed by atoms with Gasteiger partial charge in [0.2, 0.25) is 0 Å². The predicted octanol–water partition coefficient (Wildman–Crippen LogP) is 5.31. The van der Waals surface area contributed by atoms with Crippen molar-refractivity contribution in [3.63, 3.8) is 0 Å². The molecule has 0 atom stereocenters. The number of nitrogens with one attached hydrogen (secondary N) is 1. The van der Waals surface area contributed by atoms with Gasteiger partial charge < -0.3 is 10.1 Å². The van der Waals surface area contributed by atoms with Crippen LogP contribution in [0.4, 0.5) is 5.69 Å². The highest BCUT2D eigenvalue weighted by molar-refractivity contribution is 6.42. The van der Waals surface area contributed by atoms with Crippen molar-refractivity contribution in [3.8, 4) is 6.01 Å². The summed E-state index contributed by atoms with van der Waals surface area (Å²) in [5.74, 6) is 1.04. The monoisotopic (exact) mass is 404 g/mol. The molecule has 142 valence electrons. The van der Waals surface area contributed by atoms with Crippen LogP contribution in [0.25, 0.3) is 0 Å². The number of nitrogens with zero attached hydrogens (tertiary/aromatic N) is 3. The maximum Gasteiger partial charge on any atom is 0.316 e. The SMILES string of the molecule is COc1ncc2c(n1)CC1(CCCCC1)C(=NCc1ccc(Cl)c(Cl)c1)N2. The Balaban J connectivity index is 1.66. The summed E-state index contributed by atoms with van der Waals surface area (Å²) in [5.41, 5.74) is 2.99. The van der Waals surface area contributed by atoms with Gasteiger partial charge in [0.15, 0.2) is 0 Å². The molecule has 1 spiro atoms. The molecule has 1 aromatic carbocycles. The van der Waals surface area contributed by atoms with Crippen LogP contribution in [-0.4, -0.2) is 22.9 Å². The highest BCUT2D eigenvalue weighted by atomic mass is 35.5. The Morgan fingerprint density at radius 3 is 2.74 bits per heavy atom. The first kappa shape index (κ1) is 18.5. The number of rotatable bonds is 3. The Labute approximate surface area is 169 Å². The quantitative estimate of drug-likeness (QED) is 0.752. The van der Waals surface area contributed by atoms with Gasteiger partial charge >= 0.3 is 6.01 Å². The number of anilines is 1. The van der Waals surface area contributed by atoms with E-state index < -0.39 is 0 Å². The van der Waals surface area contributed by atoms with Crippen molar-refractivity contribution in [2.24, 2.45) is 10.4 Å². The van der Waals surface area contributed by atoms with Crippen LogP contribution >= 0.6 is 23.2 Å². The van der Waals surface area contributed by atoms with Crippen molar-refractivity contribution in [2.45, 2.75) is 45.1 Å². The molecule has 0 radical (unpaired) electrons. The lowest BCUT2D eigenvalue weighted by Crippen LogP contribution is -2.44. The molecule has 7 heteroatoms. The molecule has 4 rings (SSSR count). The molecule has 1 saturated carbocycles. The standard InChI is InChI=1S/C20H22Cl2N4O/c1-27-19-24-12-17-16(26-19)10-20(7-3-2-4-8-20)18(25-17)23-11-13-5-6-14(21)15(22)9-13/h5-6,9,12H,2-4,7-8,10-11H2,1H3,(H,23,25). The average Bonchev–Trinajstić information content (AvgIpc) is 2.69. The van der Waals surface area contributed by atoms with Crippen molar-refractivity contribution >= 4 is 34.7 Å². The second-order valence-corrected chi connectivity index (χ2v) is 8.09. The summed E-state index contributed by atoms with van der Waals surface area (Å²) in [7, 11) is 1.60. The summed E-state index contributed by atoms with van der Waals surface area (Å²) in [5, 5.41) is 4.64. The molecule has 1 aromatic heterocycles. The Morgan fingerprint density at radius 1 is 1.19 bits per heavy atom. The largest absolute Gasteiger partial charge is 0.467 e. The lowest BCUT2D eigenvalue weighted by molar-refractivity contribution is 0.274. The molecule has 27 heavy (non-hydrogen) atoms. The van der Waals surface area contributed by atoms with E-state index >= 15 is 0 Å². The predicted molar refractivity (Wildman–Crippen MR) is 109 cm³/mol. The fourth-order valence-corrected chi connectivity index (χ4v) is 4.38. The van der Waals surface area contributed by atoms with Gasteiger partial charge in [0, 0.05) is 11.8 Å². The number of halogens is 2. The van der Waals surface area contributed by atoms with Gasteiger partial charge in [-0.2, -0.15) is 4.98 Å². The van der Waals surface area contributed by atoms with Gasteiger partial charge in [-0.15, -0.1) is 0 Å². The summed E-state index contributed by atoms with van der Waals surface area (Å²) >= 11 is 12.2. The van der Waals surface area contributed by atoms with Gasteiger partial charge in [-0.25, -0.2) is 4.98 Å². The zero-order valence-corrected chi connectivity index (χ0v) is 16.8. The number of aromatic nitrogens is 2. The molecule has 1 aliphatic carbocycles. The molecular formula is C20H22Cl2N4O. The topological polar surface area (TPSA) is 59.4 Å². The van der Waals surface area contributed by atoms with E-state index in [1.165, 1.54) is 19.3 Å². The molecule has 2 heterocycles. The molecule has 2 aliphatic rings. The second-order valence-electron chi connectivity index (χ2n) is 7.27. The molecule has 2 aromatic rings. The Hall–Kier alpha value is -1.85. The molecule has 0 amide bonds. The third kappa shape index (κ3) is 3.76. The molecule has 1 N–H and O–H groups in total. The first-order valence-corrected chi connectivity index (χ1v) is 10.0. The highest BCUT2D eigenvalue weighted by Gasteiger charge is 2.42. The van der Waals surface area contributed by atoms with Crippen molar-refractivity contribution in [3.05, 3.63) is 45.7 Å². The first-order chi connectivity index (χ1) is 13.1. The van der Waals surface area contributed by atoms with E-state index in [4.69, 9.17) is 32.9 Å². The Bertz CT molecular complexity index is 878. The van der Waals surface area contributed by atoms with Gasteiger partial charge in [0.25, 0.3) is 0 Å². The van der Waals surface area contributed by atoms with Crippen molar-refractivity contribution in [1.29, 1.82) is 0 Å². The number of hydrogen-bond acceptors (Lipinski definition) is 4. The van der Waals surface area contributed by atoms with E-state index in [2.05, 4.69) is 15.3 Å². The summed E-state index contributed by atoms with van der Waals surface area (Å²) in [6.07, 6.45) is 8.59. The molecule has 5 nitrogen and oxygen atoms in total. The van der Waals surface area contributed by atoms with E-state index in [1.807, 2.05) is 18.2 Å².